The number of aliphatic hydroxyl groups is 1. The molecule has 0 radical (unpaired) electrons. The van der Waals surface area contributed by atoms with Crippen LogP contribution in [-0.2, 0) is 30.0 Å². The van der Waals surface area contributed by atoms with E-state index in [4.69, 9.17) is 9.47 Å². The zero-order valence-corrected chi connectivity index (χ0v) is 18.0. The molecular weight excluding hydrogens is 408 g/mol. The molecule has 2 aliphatic rings. The van der Waals surface area contributed by atoms with Crippen molar-refractivity contribution in [1.82, 2.24) is 10.0 Å². The first-order valence-electron chi connectivity index (χ1n) is 10.6. The van der Waals surface area contributed by atoms with Crippen LogP contribution in [0.5, 0.6) is 0 Å². The van der Waals surface area contributed by atoms with Gasteiger partial charge in [0.05, 0.1) is 30.6 Å². The minimum absolute atomic E-state index is 0.0135. The molecule has 0 saturated carbocycles. The van der Waals surface area contributed by atoms with E-state index in [0.29, 0.717) is 44.6 Å². The number of sulfonamides is 1. The summed E-state index contributed by atoms with van der Waals surface area (Å²) in [5.74, 6) is -0.0385. The fourth-order valence-corrected chi connectivity index (χ4v) is 5.45. The van der Waals surface area contributed by atoms with Gasteiger partial charge in [-0.2, -0.15) is 0 Å². The van der Waals surface area contributed by atoms with E-state index in [1.54, 1.807) is 24.3 Å². The minimum atomic E-state index is -3.54. The van der Waals surface area contributed by atoms with Crippen LogP contribution < -0.4 is 10.0 Å². The molecule has 2 fully saturated rings. The van der Waals surface area contributed by atoms with Gasteiger partial charge in [0, 0.05) is 25.7 Å². The van der Waals surface area contributed by atoms with Gasteiger partial charge in [-0.1, -0.05) is 30.3 Å². The minimum Gasteiger partial charge on any atom is -0.394 e. The molecule has 0 unspecified atom stereocenters. The summed E-state index contributed by atoms with van der Waals surface area (Å²) in [6, 6.07) is 8.52. The second-order valence-corrected chi connectivity index (χ2v) is 9.75. The Hall–Kier alpha value is -1.52. The largest absolute Gasteiger partial charge is 0.394 e. The number of amides is 1. The first-order chi connectivity index (χ1) is 14.5. The van der Waals surface area contributed by atoms with E-state index in [-0.39, 0.29) is 30.3 Å². The fourth-order valence-electron chi connectivity index (χ4n) is 4.01. The van der Waals surface area contributed by atoms with E-state index in [0.717, 1.165) is 12.8 Å². The third-order valence-electron chi connectivity index (χ3n) is 5.68. The smallest absolute Gasteiger partial charge is 0.223 e. The summed E-state index contributed by atoms with van der Waals surface area (Å²) in [7, 11) is -3.54. The molecule has 3 atom stereocenters. The Morgan fingerprint density at radius 2 is 1.83 bits per heavy atom. The number of rotatable bonds is 9. The molecule has 30 heavy (non-hydrogen) atoms. The van der Waals surface area contributed by atoms with Crippen molar-refractivity contribution in [3.05, 3.63) is 35.9 Å². The van der Waals surface area contributed by atoms with Crippen LogP contribution in [0.25, 0.3) is 0 Å². The van der Waals surface area contributed by atoms with Crippen molar-refractivity contribution in [1.29, 1.82) is 0 Å². The van der Waals surface area contributed by atoms with Gasteiger partial charge in [-0.3, -0.25) is 4.79 Å². The molecule has 2 saturated heterocycles. The van der Waals surface area contributed by atoms with Gasteiger partial charge in [0.25, 0.3) is 0 Å². The zero-order chi connectivity index (χ0) is 21.4. The Labute approximate surface area is 178 Å². The summed E-state index contributed by atoms with van der Waals surface area (Å²) in [6.07, 6.45) is 2.67. The van der Waals surface area contributed by atoms with Gasteiger partial charge in [0.1, 0.15) is 0 Å². The van der Waals surface area contributed by atoms with Crippen LogP contribution in [-0.4, -0.2) is 64.0 Å². The lowest BCUT2D eigenvalue weighted by Crippen LogP contribution is -2.51. The van der Waals surface area contributed by atoms with E-state index in [1.807, 2.05) is 6.07 Å². The van der Waals surface area contributed by atoms with E-state index < -0.39 is 22.2 Å². The molecule has 1 amide bonds. The summed E-state index contributed by atoms with van der Waals surface area (Å²) in [5, 5.41) is 12.7. The molecule has 2 aliphatic heterocycles. The van der Waals surface area contributed by atoms with Crippen molar-refractivity contribution < 1.29 is 27.8 Å². The van der Waals surface area contributed by atoms with Crippen LogP contribution in [0.2, 0.25) is 0 Å². The zero-order valence-electron chi connectivity index (χ0n) is 17.2. The van der Waals surface area contributed by atoms with E-state index in [2.05, 4.69) is 10.0 Å². The highest BCUT2D eigenvalue weighted by molar-refractivity contribution is 7.88. The molecule has 1 aromatic carbocycles. The van der Waals surface area contributed by atoms with Crippen LogP contribution in [0.15, 0.2) is 30.3 Å². The quantitative estimate of drug-likeness (QED) is 0.527. The Kier molecular flexibility index (Phi) is 8.64. The highest BCUT2D eigenvalue weighted by Gasteiger charge is 2.33. The Morgan fingerprint density at radius 3 is 2.53 bits per heavy atom. The second kappa shape index (κ2) is 11.2. The van der Waals surface area contributed by atoms with Crippen LogP contribution in [0.4, 0.5) is 0 Å². The van der Waals surface area contributed by atoms with Gasteiger partial charge < -0.3 is 19.9 Å². The van der Waals surface area contributed by atoms with Crippen molar-refractivity contribution >= 4 is 15.9 Å². The number of nitrogens with one attached hydrogen (secondary N) is 2. The maximum Gasteiger partial charge on any atom is 0.223 e. The Morgan fingerprint density at radius 1 is 1.10 bits per heavy atom. The molecule has 9 heteroatoms. The summed E-state index contributed by atoms with van der Waals surface area (Å²) >= 11 is 0. The highest BCUT2D eigenvalue weighted by Crippen LogP contribution is 2.23. The average molecular weight is 441 g/mol. The first-order valence-corrected chi connectivity index (χ1v) is 12.3. The van der Waals surface area contributed by atoms with Gasteiger partial charge in [0.15, 0.2) is 0 Å². The van der Waals surface area contributed by atoms with Crippen molar-refractivity contribution in [3.63, 3.8) is 0 Å². The number of benzene rings is 1. The maximum absolute atomic E-state index is 12.5. The Bertz CT molecular complexity index is 767. The number of ether oxygens (including phenoxy) is 2. The number of aliphatic hydroxyl groups excluding tert-OH is 1. The van der Waals surface area contributed by atoms with Gasteiger partial charge in [-0.15, -0.1) is 0 Å². The number of hydrogen-bond donors (Lipinski definition) is 3. The van der Waals surface area contributed by atoms with Gasteiger partial charge in [0.2, 0.25) is 15.9 Å². The third-order valence-corrected chi connectivity index (χ3v) is 7.06. The normalized spacial score (nSPS) is 25.7. The lowest BCUT2D eigenvalue weighted by Gasteiger charge is -2.36. The van der Waals surface area contributed by atoms with Crippen LogP contribution in [0.1, 0.15) is 37.7 Å². The van der Waals surface area contributed by atoms with E-state index >= 15 is 0 Å². The lowest BCUT2D eigenvalue weighted by atomic mass is 9.97. The molecular formula is C21H32N2O6S. The van der Waals surface area contributed by atoms with Crippen LogP contribution in [0.3, 0.4) is 0 Å². The molecule has 3 N–H and O–H groups in total. The molecule has 8 nitrogen and oxygen atoms in total. The molecule has 1 aromatic rings. The lowest BCUT2D eigenvalue weighted by molar-refractivity contribution is -0.128. The molecule has 168 valence electrons. The van der Waals surface area contributed by atoms with Gasteiger partial charge in [-0.25, -0.2) is 13.1 Å². The van der Waals surface area contributed by atoms with E-state index in [9.17, 15) is 18.3 Å². The molecule has 0 spiro atoms. The molecule has 0 aromatic heterocycles. The fraction of sp³-hybridized carbons (Fsp3) is 0.667. The maximum atomic E-state index is 12.5. The van der Waals surface area contributed by atoms with Crippen molar-refractivity contribution in [3.8, 4) is 0 Å². The predicted molar refractivity (Wildman–Crippen MR) is 112 cm³/mol. The topological polar surface area (TPSA) is 114 Å². The van der Waals surface area contributed by atoms with Crippen molar-refractivity contribution in [2.45, 2.75) is 56.1 Å². The monoisotopic (exact) mass is 440 g/mol. The number of carbonyl (C=O) groups excluding carboxylic acids is 1. The second-order valence-electron chi connectivity index (χ2n) is 7.99. The molecule has 2 heterocycles. The molecule has 0 bridgehead atoms. The Balaban J connectivity index is 1.43. The predicted octanol–water partition coefficient (Wildman–Crippen LogP) is 0.947. The SMILES string of the molecule is O=C(NCC[C@H]1CC[C@H](NS(=O)(=O)Cc2ccccc2)[C@@H](CO)O1)C1CCOCC1. The van der Waals surface area contributed by atoms with Gasteiger partial charge in [-0.05, 0) is 37.7 Å². The summed E-state index contributed by atoms with van der Waals surface area (Å²) < 4.78 is 38.9. The van der Waals surface area contributed by atoms with Gasteiger partial charge >= 0.3 is 0 Å². The third kappa shape index (κ3) is 7.02. The molecule has 3 rings (SSSR count). The number of carbonyl (C=O) groups is 1. The van der Waals surface area contributed by atoms with Crippen molar-refractivity contribution in [2.75, 3.05) is 26.4 Å². The summed E-state index contributed by atoms with van der Waals surface area (Å²) in [4.78, 5) is 12.2. The highest BCUT2D eigenvalue weighted by atomic mass is 32.2. The standard InChI is InChI=1S/C21H32N2O6S/c24-14-20-19(23-30(26,27)15-16-4-2-1-3-5-16)7-6-18(29-20)8-11-22-21(25)17-9-12-28-13-10-17/h1-5,17-20,23-24H,6-15H2,(H,22,25)/t18-,19+,20-/m1/s1. The summed E-state index contributed by atoms with van der Waals surface area (Å²) in [5.41, 5.74) is 0.709. The average Bonchev–Trinajstić information content (AvgIpc) is 2.75. The van der Waals surface area contributed by atoms with E-state index in [1.165, 1.54) is 0 Å². The molecule has 0 aliphatic carbocycles. The van der Waals surface area contributed by atoms with Crippen LogP contribution in [0, 0.1) is 5.92 Å². The van der Waals surface area contributed by atoms with Crippen LogP contribution >= 0.6 is 0 Å². The summed E-state index contributed by atoms with van der Waals surface area (Å²) in [6.45, 7) is 1.50. The van der Waals surface area contributed by atoms with Crippen molar-refractivity contribution in [2.24, 2.45) is 5.92 Å². The number of hydrogen-bond acceptors (Lipinski definition) is 6. The first kappa shape index (κ1) is 23.1.